The number of nitrogens with zero attached hydrogens (tertiary/aromatic N) is 1. The van der Waals surface area contributed by atoms with Crippen LogP contribution in [-0.4, -0.2) is 22.5 Å². The molecule has 3 heteroatoms. The molecule has 1 aliphatic rings. The highest BCUT2D eigenvalue weighted by atomic mass is 16.4. The normalized spacial score (nSPS) is 14.8. The van der Waals surface area contributed by atoms with Crippen molar-refractivity contribution in [2.45, 2.75) is 19.5 Å². The molecule has 1 aliphatic heterocycles. The maximum Gasteiger partial charge on any atom is 0.335 e. The maximum absolute atomic E-state index is 11.2. The maximum atomic E-state index is 11.2. The molecule has 0 spiro atoms. The lowest BCUT2D eigenvalue weighted by Gasteiger charge is -2.29. The van der Waals surface area contributed by atoms with Crippen molar-refractivity contribution in [2.24, 2.45) is 0 Å². The summed E-state index contributed by atoms with van der Waals surface area (Å²) in [5, 5.41) is 9.23. The number of hydrogen-bond acceptors (Lipinski definition) is 2. The number of carbonyl (C=O) groups is 1. The number of aromatic carboxylic acids is 1. The van der Waals surface area contributed by atoms with Gasteiger partial charge in [-0.1, -0.05) is 42.5 Å². The molecule has 0 atom stereocenters. The third kappa shape index (κ3) is 2.58. The van der Waals surface area contributed by atoms with Crippen LogP contribution in [0.1, 0.15) is 27.0 Å². The molecule has 0 saturated carbocycles. The van der Waals surface area contributed by atoms with E-state index >= 15 is 0 Å². The molecule has 0 fully saturated rings. The fraction of sp³-hybridized carbons (Fsp3) is 0.235. The number of rotatable bonds is 3. The van der Waals surface area contributed by atoms with Crippen molar-refractivity contribution in [3.05, 3.63) is 70.8 Å². The summed E-state index contributed by atoms with van der Waals surface area (Å²) in [6.45, 7) is 2.65. The van der Waals surface area contributed by atoms with Gasteiger partial charge >= 0.3 is 5.97 Å². The monoisotopic (exact) mass is 267 g/mol. The van der Waals surface area contributed by atoms with E-state index in [0.717, 1.165) is 37.2 Å². The zero-order valence-corrected chi connectivity index (χ0v) is 11.2. The Hall–Kier alpha value is -2.13. The van der Waals surface area contributed by atoms with Gasteiger partial charge in [0, 0.05) is 19.6 Å². The van der Waals surface area contributed by atoms with Crippen LogP contribution in [0.25, 0.3) is 0 Å². The van der Waals surface area contributed by atoms with Crippen LogP contribution in [0, 0.1) is 0 Å². The second-order valence-corrected chi connectivity index (χ2v) is 5.19. The molecule has 0 bridgehead atoms. The molecular weight excluding hydrogens is 250 g/mol. The van der Waals surface area contributed by atoms with Gasteiger partial charge in [0.15, 0.2) is 0 Å². The van der Waals surface area contributed by atoms with Gasteiger partial charge in [-0.25, -0.2) is 4.79 Å². The Morgan fingerprint density at radius 1 is 1.10 bits per heavy atom. The number of hydrogen-bond donors (Lipinski definition) is 1. The van der Waals surface area contributed by atoms with Crippen LogP contribution in [0.3, 0.4) is 0 Å². The molecule has 0 radical (unpaired) electrons. The van der Waals surface area contributed by atoms with E-state index in [4.69, 9.17) is 0 Å². The lowest BCUT2D eigenvalue weighted by molar-refractivity contribution is 0.0694. The van der Waals surface area contributed by atoms with Crippen molar-refractivity contribution in [1.82, 2.24) is 4.90 Å². The summed E-state index contributed by atoms with van der Waals surface area (Å²) in [5.41, 5.74) is 3.91. The average molecular weight is 267 g/mol. The molecule has 20 heavy (non-hydrogen) atoms. The first-order valence-electron chi connectivity index (χ1n) is 6.84. The van der Waals surface area contributed by atoms with Gasteiger partial charge in [-0.3, -0.25) is 4.90 Å². The van der Waals surface area contributed by atoms with Gasteiger partial charge in [0.05, 0.1) is 5.56 Å². The fourth-order valence-corrected chi connectivity index (χ4v) is 2.84. The second-order valence-electron chi connectivity index (χ2n) is 5.19. The molecule has 3 nitrogen and oxygen atoms in total. The third-order valence-corrected chi connectivity index (χ3v) is 3.82. The zero-order valence-electron chi connectivity index (χ0n) is 11.2. The van der Waals surface area contributed by atoms with Crippen LogP contribution >= 0.6 is 0 Å². The van der Waals surface area contributed by atoms with E-state index in [1.165, 1.54) is 5.56 Å². The number of carboxylic acids is 1. The SMILES string of the molecule is O=C(O)c1cccc2c1CCN(Cc1ccccc1)C2. The third-order valence-electron chi connectivity index (χ3n) is 3.82. The summed E-state index contributed by atoms with van der Waals surface area (Å²) in [5.74, 6) is -0.821. The van der Waals surface area contributed by atoms with Crippen molar-refractivity contribution in [3.8, 4) is 0 Å². The minimum absolute atomic E-state index is 0.460. The van der Waals surface area contributed by atoms with Crippen LogP contribution in [0.5, 0.6) is 0 Å². The highest BCUT2D eigenvalue weighted by Crippen LogP contribution is 2.23. The van der Waals surface area contributed by atoms with Crippen LogP contribution in [0.2, 0.25) is 0 Å². The summed E-state index contributed by atoms with van der Waals surface area (Å²) in [6, 6.07) is 16.0. The van der Waals surface area contributed by atoms with E-state index < -0.39 is 5.97 Å². The van der Waals surface area contributed by atoms with E-state index in [1.807, 2.05) is 18.2 Å². The standard InChI is InChI=1S/C17H17NO2/c19-17(20)16-8-4-7-14-12-18(10-9-15(14)16)11-13-5-2-1-3-6-13/h1-8H,9-12H2,(H,19,20). The molecular formula is C17H17NO2. The van der Waals surface area contributed by atoms with Crippen molar-refractivity contribution in [2.75, 3.05) is 6.54 Å². The van der Waals surface area contributed by atoms with Gasteiger partial charge in [0.2, 0.25) is 0 Å². The average Bonchev–Trinajstić information content (AvgIpc) is 2.47. The predicted octanol–water partition coefficient (Wildman–Crippen LogP) is 2.94. The number of fused-ring (bicyclic) bond motifs is 1. The fourth-order valence-electron chi connectivity index (χ4n) is 2.84. The Labute approximate surface area is 118 Å². The quantitative estimate of drug-likeness (QED) is 0.929. The summed E-state index contributed by atoms with van der Waals surface area (Å²) < 4.78 is 0. The Bertz CT molecular complexity index is 622. The van der Waals surface area contributed by atoms with Crippen molar-refractivity contribution < 1.29 is 9.90 Å². The molecule has 0 amide bonds. The minimum atomic E-state index is -0.821. The lowest BCUT2D eigenvalue weighted by atomic mass is 9.94. The summed E-state index contributed by atoms with van der Waals surface area (Å²) in [7, 11) is 0. The molecule has 0 aromatic heterocycles. The van der Waals surface area contributed by atoms with Crippen molar-refractivity contribution in [3.63, 3.8) is 0 Å². The van der Waals surface area contributed by atoms with Gasteiger partial charge in [-0.05, 0) is 29.2 Å². The molecule has 0 aliphatic carbocycles. The minimum Gasteiger partial charge on any atom is -0.478 e. The smallest absolute Gasteiger partial charge is 0.335 e. The van der Waals surface area contributed by atoms with Crippen molar-refractivity contribution in [1.29, 1.82) is 0 Å². The van der Waals surface area contributed by atoms with Crippen LogP contribution in [0.4, 0.5) is 0 Å². The number of benzene rings is 2. The van der Waals surface area contributed by atoms with Crippen LogP contribution in [-0.2, 0) is 19.5 Å². The predicted molar refractivity (Wildman–Crippen MR) is 77.7 cm³/mol. The van der Waals surface area contributed by atoms with Crippen LogP contribution in [0.15, 0.2) is 48.5 Å². The Morgan fingerprint density at radius 3 is 2.65 bits per heavy atom. The first kappa shape index (κ1) is 12.9. The summed E-state index contributed by atoms with van der Waals surface area (Å²) >= 11 is 0. The topological polar surface area (TPSA) is 40.5 Å². The lowest BCUT2D eigenvalue weighted by Crippen LogP contribution is -2.31. The molecule has 0 saturated heterocycles. The summed E-state index contributed by atoms with van der Waals surface area (Å²) in [6.07, 6.45) is 0.810. The van der Waals surface area contributed by atoms with E-state index in [2.05, 4.69) is 29.2 Å². The molecule has 0 unspecified atom stereocenters. The van der Waals surface area contributed by atoms with Gasteiger partial charge in [0.25, 0.3) is 0 Å². The van der Waals surface area contributed by atoms with E-state index in [9.17, 15) is 9.90 Å². The molecule has 102 valence electrons. The van der Waals surface area contributed by atoms with E-state index in [0.29, 0.717) is 5.56 Å². The molecule has 2 aromatic rings. The molecule has 3 rings (SSSR count). The van der Waals surface area contributed by atoms with Gasteiger partial charge in [-0.15, -0.1) is 0 Å². The highest BCUT2D eigenvalue weighted by molar-refractivity contribution is 5.89. The van der Waals surface area contributed by atoms with Crippen LogP contribution < -0.4 is 0 Å². The van der Waals surface area contributed by atoms with E-state index in [-0.39, 0.29) is 0 Å². The van der Waals surface area contributed by atoms with E-state index in [1.54, 1.807) is 6.07 Å². The Kier molecular flexibility index (Phi) is 3.52. The highest BCUT2D eigenvalue weighted by Gasteiger charge is 2.20. The van der Waals surface area contributed by atoms with Crippen molar-refractivity contribution >= 4 is 5.97 Å². The Morgan fingerprint density at radius 2 is 1.90 bits per heavy atom. The number of carboxylic acid groups (broad SMARTS) is 1. The Balaban J connectivity index is 1.79. The first-order valence-corrected chi connectivity index (χ1v) is 6.84. The van der Waals surface area contributed by atoms with Gasteiger partial charge < -0.3 is 5.11 Å². The largest absolute Gasteiger partial charge is 0.478 e. The first-order chi connectivity index (χ1) is 9.74. The molecule has 2 aromatic carbocycles. The van der Waals surface area contributed by atoms with Gasteiger partial charge in [0.1, 0.15) is 0 Å². The molecule has 1 heterocycles. The second kappa shape index (κ2) is 5.47. The van der Waals surface area contributed by atoms with Gasteiger partial charge in [-0.2, -0.15) is 0 Å². The zero-order chi connectivity index (χ0) is 13.9. The summed E-state index contributed by atoms with van der Waals surface area (Å²) in [4.78, 5) is 13.6. The molecule has 1 N–H and O–H groups in total.